The van der Waals surface area contributed by atoms with Crippen LogP contribution in [-0.2, 0) is 22.4 Å². The van der Waals surface area contributed by atoms with Gasteiger partial charge in [-0.25, -0.2) is 9.67 Å². The zero-order valence-electron chi connectivity index (χ0n) is 22.8. The van der Waals surface area contributed by atoms with E-state index in [0.717, 1.165) is 22.3 Å². The molecule has 8 nitrogen and oxygen atoms in total. The maximum Gasteiger partial charge on any atom is 0.164 e. The van der Waals surface area contributed by atoms with Gasteiger partial charge in [0, 0.05) is 13.1 Å². The Morgan fingerprint density at radius 2 is 1.15 bits per heavy atom. The Balaban J connectivity index is 2.09. The monoisotopic (exact) mass is 578 g/mol. The topological polar surface area (TPSA) is 95.1 Å². The number of carbonyl (C=O) groups is 2. The van der Waals surface area contributed by atoms with Crippen LogP contribution in [-0.4, -0.2) is 52.1 Å². The molecule has 0 atom stereocenters. The Labute approximate surface area is 240 Å². The average Bonchev–Trinajstić information content (AvgIpc) is 2.95. The second-order valence-electron chi connectivity index (χ2n) is 8.37. The molecule has 2 rings (SSSR count). The number of carbonyl (C=O) groups excluding carboxylic acids is 2. The van der Waals surface area contributed by atoms with Crippen molar-refractivity contribution >= 4 is 47.3 Å². The molecule has 2 aromatic rings. The van der Waals surface area contributed by atoms with Crippen LogP contribution in [0.5, 0.6) is 23.0 Å². The number of hydrogen-bond acceptors (Lipinski definition) is 8. The first-order valence-electron chi connectivity index (χ1n) is 12.7. The predicted molar refractivity (Wildman–Crippen MR) is 156 cm³/mol. The number of rotatable bonds is 18. The lowest BCUT2D eigenvalue weighted by atomic mass is 10.0. The normalized spacial score (nSPS) is 11.2. The number of aryl methyl sites for hydroxylation is 2. The van der Waals surface area contributed by atoms with Crippen molar-refractivity contribution in [2.24, 2.45) is 0 Å². The summed E-state index contributed by atoms with van der Waals surface area (Å²) in [6.07, 6.45) is 7.31. The van der Waals surface area contributed by atoms with E-state index >= 15 is 0 Å². The van der Waals surface area contributed by atoms with E-state index in [1.807, 2.05) is 26.0 Å². The van der Waals surface area contributed by atoms with Gasteiger partial charge >= 0.3 is 0 Å². The van der Waals surface area contributed by atoms with E-state index < -0.39 is 0 Å². The summed E-state index contributed by atoms with van der Waals surface area (Å²) in [7, 11) is 3.12. The van der Waals surface area contributed by atoms with E-state index in [9.17, 15) is 9.59 Å². The van der Waals surface area contributed by atoms with Gasteiger partial charge in [0.1, 0.15) is 13.2 Å². The summed E-state index contributed by atoms with van der Waals surface area (Å²) < 4.78 is 22.6. The fraction of sp³-hybridized carbons (Fsp3) is 0.379. The van der Waals surface area contributed by atoms with Gasteiger partial charge in [-0.15, -0.1) is 0 Å². The lowest BCUT2D eigenvalue weighted by Crippen LogP contribution is -2.13. The standard InChI is InChI=1S/C29H36Cl2N2O6/c1-5-22-15-20(17-26(36-3)28(22)38-13-11-32-30)7-9-24(34)19-25(35)10-8-21-16-23(6-2)29(27(18-21)37-4)39-14-12-33-31/h7-10,15-18,32-33H,5-6,11-14,19H2,1-4H3/b9-7+,10-8+. The van der Waals surface area contributed by atoms with E-state index in [1.165, 1.54) is 12.2 Å². The van der Waals surface area contributed by atoms with Crippen LogP contribution in [0.4, 0.5) is 0 Å². The van der Waals surface area contributed by atoms with Gasteiger partial charge in [-0.2, -0.15) is 0 Å². The van der Waals surface area contributed by atoms with Crippen LogP contribution in [0.2, 0.25) is 0 Å². The summed E-state index contributed by atoms with van der Waals surface area (Å²) in [5.41, 5.74) is 3.41. The van der Waals surface area contributed by atoms with Crippen molar-refractivity contribution in [1.82, 2.24) is 9.67 Å². The molecule has 0 aromatic heterocycles. The van der Waals surface area contributed by atoms with Crippen molar-refractivity contribution in [1.29, 1.82) is 0 Å². The highest BCUT2D eigenvalue weighted by molar-refractivity contribution is 6.13. The highest BCUT2D eigenvalue weighted by Crippen LogP contribution is 2.35. The number of ether oxygens (including phenoxy) is 4. The third kappa shape index (κ3) is 10.2. The van der Waals surface area contributed by atoms with Crippen LogP contribution in [0.1, 0.15) is 42.5 Å². The number of hydrogen-bond donors (Lipinski definition) is 2. The van der Waals surface area contributed by atoms with Crippen LogP contribution >= 0.6 is 23.6 Å². The van der Waals surface area contributed by atoms with E-state index in [4.69, 9.17) is 42.5 Å². The minimum absolute atomic E-state index is 0.248. The first-order valence-corrected chi connectivity index (χ1v) is 13.4. The molecular weight excluding hydrogens is 543 g/mol. The van der Waals surface area contributed by atoms with Crippen molar-refractivity contribution in [2.45, 2.75) is 33.1 Å². The van der Waals surface area contributed by atoms with Crippen molar-refractivity contribution in [3.05, 3.63) is 58.7 Å². The maximum absolute atomic E-state index is 12.5. The summed E-state index contributed by atoms with van der Waals surface area (Å²) in [5.74, 6) is 1.79. The highest BCUT2D eigenvalue weighted by Gasteiger charge is 2.13. The number of nitrogens with one attached hydrogen (secondary N) is 2. The van der Waals surface area contributed by atoms with Gasteiger partial charge in [0.25, 0.3) is 0 Å². The molecule has 0 unspecified atom stereocenters. The predicted octanol–water partition coefficient (Wildman–Crippen LogP) is 5.33. The zero-order chi connectivity index (χ0) is 28.6. The smallest absolute Gasteiger partial charge is 0.164 e. The molecule has 0 aliphatic heterocycles. The molecule has 0 fully saturated rings. The number of allylic oxidation sites excluding steroid dienone is 2. The minimum atomic E-state index is -0.307. The Bertz CT molecular complexity index is 1030. The third-order valence-corrected chi connectivity index (χ3v) is 6.05. The van der Waals surface area contributed by atoms with Gasteiger partial charge in [0.2, 0.25) is 0 Å². The summed E-state index contributed by atoms with van der Waals surface area (Å²) in [6, 6.07) is 7.42. The number of benzene rings is 2. The fourth-order valence-corrected chi connectivity index (χ4v) is 3.92. The molecule has 39 heavy (non-hydrogen) atoms. The van der Waals surface area contributed by atoms with Gasteiger partial charge in [-0.05, 0) is 95.1 Å². The van der Waals surface area contributed by atoms with E-state index in [0.29, 0.717) is 62.1 Å². The van der Waals surface area contributed by atoms with Crippen molar-refractivity contribution in [2.75, 3.05) is 40.5 Å². The maximum atomic E-state index is 12.5. The number of halogens is 2. The van der Waals surface area contributed by atoms with Crippen LogP contribution in [0.3, 0.4) is 0 Å². The van der Waals surface area contributed by atoms with Crippen LogP contribution in [0, 0.1) is 0 Å². The Kier molecular flexibility index (Phi) is 14.5. The molecule has 0 heterocycles. The quantitative estimate of drug-likeness (QED) is 0.106. The molecule has 0 aliphatic carbocycles. The van der Waals surface area contributed by atoms with Gasteiger partial charge in [0.15, 0.2) is 34.6 Å². The van der Waals surface area contributed by atoms with Gasteiger partial charge < -0.3 is 18.9 Å². The molecule has 0 saturated carbocycles. The fourth-order valence-electron chi connectivity index (χ4n) is 3.77. The molecule has 2 aromatic carbocycles. The Hall–Kier alpha value is -3.04. The van der Waals surface area contributed by atoms with Gasteiger partial charge in [-0.1, -0.05) is 26.0 Å². The van der Waals surface area contributed by atoms with Crippen LogP contribution < -0.4 is 28.6 Å². The molecule has 2 N–H and O–H groups in total. The van der Waals surface area contributed by atoms with Crippen molar-refractivity contribution in [3.63, 3.8) is 0 Å². The molecule has 212 valence electrons. The summed E-state index contributed by atoms with van der Waals surface area (Å²) >= 11 is 11.0. The second kappa shape index (κ2) is 17.5. The molecule has 10 heteroatoms. The number of methoxy groups -OCH3 is 2. The lowest BCUT2D eigenvalue weighted by Gasteiger charge is -2.15. The number of ketones is 2. The summed E-state index contributed by atoms with van der Waals surface area (Å²) in [5, 5.41) is 0. The van der Waals surface area contributed by atoms with Crippen LogP contribution in [0.15, 0.2) is 36.4 Å². The largest absolute Gasteiger partial charge is 0.493 e. The molecule has 0 saturated heterocycles. The summed E-state index contributed by atoms with van der Waals surface area (Å²) in [4.78, 5) is 30.0. The summed E-state index contributed by atoms with van der Waals surface area (Å²) in [6.45, 7) is 5.73. The first-order chi connectivity index (χ1) is 18.9. The zero-order valence-corrected chi connectivity index (χ0v) is 24.3. The molecule has 0 radical (unpaired) electrons. The molecule has 0 bridgehead atoms. The average molecular weight is 580 g/mol. The van der Waals surface area contributed by atoms with E-state index in [1.54, 1.807) is 38.5 Å². The molecule has 0 spiro atoms. The molecular formula is C29H36Cl2N2O6. The van der Waals surface area contributed by atoms with Crippen molar-refractivity contribution < 1.29 is 28.5 Å². The van der Waals surface area contributed by atoms with Gasteiger partial charge in [0.05, 0.1) is 20.6 Å². The van der Waals surface area contributed by atoms with Crippen LogP contribution in [0.25, 0.3) is 12.2 Å². The Morgan fingerprint density at radius 3 is 1.49 bits per heavy atom. The SMILES string of the molecule is CCc1cc(/C=C/C(=O)CC(=O)/C=C/c2cc(CC)c(OCCNCl)c(OC)c2)cc(OC)c1OCCNCl. The van der Waals surface area contributed by atoms with E-state index in [2.05, 4.69) is 9.67 Å². The second-order valence-corrected chi connectivity index (χ2v) is 8.90. The third-order valence-electron chi connectivity index (χ3n) is 5.67. The highest BCUT2D eigenvalue weighted by atomic mass is 35.5. The van der Waals surface area contributed by atoms with E-state index in [-0.39, 0.29) is 18.0 Å². The van der Waals surface area contributed by atoms with Crippen molar-refractivity contribution in [3.8, 4) is 23.0 Å². The lowest BCUT2D eigenvalue weighted by molar-refractivity contribution is -0.121. The molecule has 0 aliphatic rings. The minimum Gasteiger partial charge on any atom is -0.493 e. The Morgan fingerprint density at radius 1 is 0.744 bits per heavy atom. The van der Waals surface area contributed by atoms with Gasteiger partial charge in [-0.3, -0.25) is 9.59 Å². The molecule has 0 amide bonds. The first kappa shape index (κ1) is 32.2.